The van der Waals surface area contributed by atoms with Crippen LogP contribution in [-0.4, -0.2) is 23.3 Å². The van der Waals surface area contributed by atoms with Crippen molar-refractivity contribution in [2.75, 3.05) is 12.4 Å². The first-order valence-electron chi connectivity index (χ1n) is 8.64. The number of ether oxygens (including phenoxy) is 1. The fraction of sp³-hybridized carbons (Fsp3) is 0.350. The lowest BCUT2D eigenvalue weighted by Crippen LogP contribution is -2.12. The summed E-state index contributed by atoms with van der Waals surface area (Å²) in [6.07, 6.45) is 4.00. The second-order valence-corrected chi connectivity index (χ2v) is 7.41. The highest BCUT2D eigenvalue weighted by Gasteiger charge is 2.23. The number of thioether (sulfide) groups is 1. The average molecular weight is 387 g/mol. The van der Waals surface area contributed by atoms with E-state index < -0.39 is 0 Å². The first-order chi connectivity index (χ1) is 12.6. The Bertz CT molecular complexity index is 860. The lowest BCUT2D eigenvalue weighted by molar-refractivity contribution is -0.139. The molecule has 0 radical (unpaired) electrons. The number of nitriles is 1. The predicted molar refractivity (Wildman–Crippen MR) is 103 cm³/mol. The normalized spacial score (nSPS) is 13.0. The maximum atomic E-state index is 11.7. The summed E-state index contributed by atoms with van der Waals surface area (Å²) in [4.78, 5) is 16.5. The van der Waals surface area contributed by atoms with Crippen molar-refractivity contribution in [1.29, 1.82) is 5.26 Å². The van der Waals surface area contributed by atoms with Crippen LogP contribution in [0.4, 0.5) is 0 Å². The van der Waals surface area contributed by atoms with Gasteiger partial charge in [-0.25, -0.2) is 4.98 Å². The molecular formula is C20H19ClN2O2S. The number of fused-ring (bicyclic) bond motifs is 1. The van der Waals surface area contributed by atoms with Crippen molar-refractivity contribution in [1.82, 2.24) is 4.98 Å². The van der Waals surface area contributed by atoms with Gasteiger partial charge in [0.15, 0.2) is 0 Å². The molecule has 0 atom stereocenters. The molecule has 2 aromatic rings. The van der Waals surface area contributed by atoms with Crippen molar-refractivity contribution in [3.63, 3.8) is 0 Å². The third-order valence-electron chi connectivity index (χ3n) is 4.32. The number of hydrogen-bond acceptors (Lipinski definition) is 5. The van der Waals surface area contributed by atoms with E-state index >= 15 is 0 Å². The summed E-state index contributed by atoms with van der Waals surface area (Å²) in [7, 11) is 0. The monoisotopic (exact) mass is 386 g/mol. The topological polar surface area (TPSA) is 63.0 Å². The highest BCUT2D eigenvalue weighted by Crippen LogP contribution is 2.38. The summed E-state index contributed by atoms with van der Waals surface area (Å²) >= 11 is 7.30. The highest BCUT2D eigenvalue weighted by atomic mass is 35.5. The number of esters is 1. The molecular weight excluding hydrogens is 368 g/mol. The number of carbonyl (C=O) groups is 1. The molecule has 0 N–H and O–H groups in total. The minimum Gasteiger partial charge on any atom is -0.465 e. The van der Waals surface area contributed by atoms with E-state index in [9.17, 15) is 10.1 Å². The van der Waals surface area contributed by atoms with E-state index in [1.165, 1.54) is 11.8 Å². The van der Waals surface area contributed by atoms with Crippen LogP contribution in [0.3, 0.4) is 0 Å². The number of aromatic nitrogens is 1. The summed E-state index contributed by atoms with van der Waals surface area (Å²) in [5.74, 6) is -0.150. The zero-order chi connectivity index (χ0) is 18.5. The lowest BCUT2D eigenvalue weighted by Gasteiger charge is -2.22. The van der Waals surface area contributed by atoms with Gasteiger partial charge in [0.25, 0.3) is 0 Å². The second-order valence-electron chi connectivity index (χ2n) is 6.01. The van der Waals surface area contributed by atoms with E-state index in [0.717, 1.165) is 48.1 Å². The number of pyridine rings is 1. The first kappa shape index (κ1) is 18.8. The molecule has 1 heterocycles. The summed E-state index contributed by atoms with van der Waals surface area (Å²) in [6.45, 7) is 2.12. The third kappa shape index (κ3) is 4.03. The zero-order valence-electron chi connectivity index (χ0n) is 14.5. The Kier molecular flexibility index (Phi) is 6.18. The van der Waals surface area contributed by atoms with Gasteiger partial charge >= 0.3 is 5.97 Å². The van der Waals surface area contributed by atoms with Crippen molar-refractivity contribution in [3.05, 3.63) is 46.1 Å². The van der Waals surface area contributed by atoms with Crippen LogP contribution in [0.25, 0.3) is 11.1 Å². The molecule has 3 rings (SSSR count). The maximum Gasteiger partial charge on any atom is 0.316 e. The van der Waals surface area contributed by atoms with Crippen LogP contribution in [0.15, 0.2) is 29.3 Å². The summed E-state index contributed by atoms with van der Waals surface area (Å²) in [6, 6.07) is 9.86. The van der Waals surface area contributed by atoms with Crippen molar-refractivity contribution in [3.8, 4) is 17.2 Å². The van der Waals surface area contributed by atoms with Crippen LogP contribution >= 0.6 is 23.4 Å². The van der Waals surface area contributed by atoms with Crippen LogP contribution in [-0.2, 0) is 22.4 Å². The number of aryl methyl sites for hydroxylation is 1. The third-order valence-corrected chi connectivity index (χ3v) is 5.52. The van der Waals surface area contributed by atoms with Gasteiger partial charge in [-0.05, 0) is 55.9 Å². The summed E-state index contributed by atoms with van der Waals surface area (Å²) < 4.78 is 4.99. The lowest BCUT2D eigenvalue weighted by atomic mass is 9.87. The molecule has 1 aliphatic rings. The molecule has 0 aliphatic heterocycles. The van der Waals surface area contributed by atoms with Crippen LogP contribution in [0.2, 0.25) is 5.02 Å². The van der Waals surface area contributed by atoms with E-state index in [1.807, 2.05) is 24.3 Å². The van der Waals surface area contributed by atoms with E-state index in [-0.39, 0.29) is 11.7 Å². The smallest absolute Gasteiger partial charge is 0.316 e. The molecule has 0 fully saturated rings. The molecule has 1 aromatic heterocycles. The van der Waals surface area contributed by atoms with Gasteiger partial charge < -0.3 is 4.74 Å². The van der Waals surface area contributed by atoms with Gasteiger partial charge in [0, 0.05) is 16.3 Å². The number of nitrogens with zero attached hydrogens (tertiary/aromatic N) is 2. The van der Waals surface area contributed by atoms with E-state index in [4.69, 9.17) is 21.3 Å². The van der Waals surface area contributed by atoms with Gasteiger partial charge in [0.05, 0.1) is 17.9 Å². The Labute approximate surface area is 162 Å². The van der Waals surface area contributed by atoms with Gasteiger partial charge in [-0.2, -0.15) is 5.26 Å². The fourth-order valence-electron chi connectivity index (χ4n) is 3.19. The van der Waals surface area contributed by atoms with Crippen molar-refractivity contribution < 1.29 is 9.53 Å². The van der Waals surface area contributed by atoms with E-state index in [2.05, 4.69) is 6.07 Å². The Hall–Kier alpha value is -2.03. The maximum absolute atomic E-state index is 11.7. The molecule has 0 unspecified atom stereocenters. The van der Waals surface area contributed by atoms with Crippen LogP contribution < -0.4 is 0 Å². The Morgan fingerprint density at radius 2 is 2.04 bits per heavy atom. The van der Waals surface area contributed by atoms with Gasteiger partial charge in [-0.3, -0.25) is 4.79 Å². The number of benzene rings is 1. The molecule has 0 bridgehead atoms. The van der Waals surface area contributed by atoms with E-state index in [1.54, 1.807) is 6.92 Å². The number of rotatable bonds is 5. The molecule has 1 aromatic carbocycles. The Morgan fingerprint density at radius 3 is 2.73 bits per heavy atom. The first-order valence-corrected chi connectivity index (χ1v) is 10.0. The predicted octanol–water partition coefficient (Wildman–Crippen LogP) is 4.81. The molecule has 26 heavy (non-hydrogen) atoms. The minimum atomic E-state index is -0.297. The number of halogens is 1. The molecule has 1 aliphatic carbocycles. The van der Waals surface area contributed by atoms with Gasteiger partial charge in [-0.15, -0.1) is 0 Å². The summed E-state index contributed by atoms with van der Waals surface area (Å²) in [5, 5.41) is 11.1. The highest BCUT2D eigenvalue weighted by molar-refractivity contribution is 7.99. The van der Waals surface area contributed by atoms with Crippen molar-refractivity contribution in [2.24, 2.45) is 0 Å². The van der Waals surface area contributed by atoms with E-state index in [0.29, 0.717) is 22.2 Å². The zero-order valence-corrected chi connectivity index (χ0v) is 16.1. The Balaban J connectivity index is 2.08. The molecule has 0 amide bonds. The van der Waals surface area contributed by atoms with Crippen LogP contribution in [0, 0.1) is 11.3 Å². The molecule has 0 saturated heterocycles. The van der Waals surface area contributed by atoms with Crippen molar-refractivity contribution in [2.45, 2.75) is 37.6 Å². The number of carbonyl (C=O) groups excluding carboxylic acids is 1. The Morgan fingerprint density at radius 1 is 1.31 bits per heavy atom. The second kappa shape index (κ2) is 8.57. The van der Waals surface area contributed by atoms with Crippen LogP contribution in [0.5, 0.6) is 0 Å². The largest absolute Gasteiger partial charge is 0.465 e. The fourth-order valence-corrected chi connectivity index (χ4v) is 4.12. The van der Waals surface area contributed by atoms with Gasteiger partial charge in [0.1, 0.15) is 11.1 Å². The van der Waals surface area contributed by atoms with Crippen molar-refractivity contribution >= 4 is 29.3 Å². The standard InChI is InChI=1S/C20H19ClN2O2S/c1-2-25-18(24)12-26-20-16(11-22)19(13-7-9-14(21)10-8-13)15-5-3-4-6-17(15)23-20/h7-10H,2-6,12H2,1H3. The molecule has 4 nitrogen and oxygen atoms in total. The quantitative estimate of drug-likeness (QED) is 0.545. The minimum absolute atomic E-state index is 0.147. The molecule has 6 heteroatoms. The van der Waals surface area contributed by atoms with Gasteiger partial charge in [0.2, 0.25) is 0 Å². The van der Waals surface area contributed by atoms with Gasteiger partial charge in [-0.1, -0.05) is 35.5 Å². The number of hydrogen-bond donors (Lipinski definition) is 0. The molecule has 0 saturated carbocycles. The molecule has 134 valence electrons. The van der Waals surface area contributed by atoms with Crippen LogP contribution in [0.1, 0.15) is 36.6 Å². The summed E-state index contributed by atoms with van der Waals surface area (Å²) in [5.41, 5.74) is 4.61. The molecule has 0 spiro atoms. The SMILES string of the molecule is CCOC(=O)CSc1nc2c(c(-c3ccc(Cl)cc3)c1C#N)CCCC2. The average Bonchev–Trinajstić information content (AvgIpc) is 2.66.